The fraction of sp³-hybridized carbons (Fsp3) is 0.500. The second kappa shape index (κ2) is 8.06. The Morgan fingerprint density at radius 1 is 1.57 bits per heavy atom. The van der Waals surface area contributed by atoms with Crippen LogP contribution in [0.4, 0.5) is 0 Å². The van der Waals surface area contributed by atoms with Crippen molar-refractivity contribution in [2.45, 2.75) is 37.5 Å². The van der Waals surface area contributed by atoms with E-state index in [1.54, 1.807) is 18.5 Å². The Labute approximate surface area is 130 Å². The molecule has 3 N–H and O–H groups in total. The maximum Gasteiger partial charge on any atom is 0.252 e. The van der Waals surface area contributed by atoms with Crippen LogP contribution >= 0.6 is 11.8 Å². The van der Waals surface area contributed by atoms with Crippen LogP contribution in [0.3, 0.4) is 0 Å². The number of carbonyl (C=O) groups is 1. The second-order valence-electron chi connectivity index (χ2n) is 4.99. The summed E-state index contributed by atoms with van der Waals surface area (Å²) in [6.07, 6.45) is 6.52. The van der Waals surface area contributed by atoms with Crippen molar-refractivity contribution in [3.8, 4) is 11.8 Å². The number of nitrogens with zero attached hydrogens (tertiary/aromatic N) is 1. The molecule has 1 fully saturated rings. The van der Waals surface area contributed by atoms with Gasteiger partial charge in [0.25, 0.3) is 5.91 Å². The maximum atomic E-state index is 12.4. The van der Waals surface area contributed by atoms with Gasteiger partial charge in [-0.2, -0.15) is 11.8 Å². The summed E-state index contributed by atoms with van der Waals surface area (Å²) in [7, 11) is 0. The number of thioether (sulfide) groups is 1. The third kappa shape index (κ3) is 4.48. The summed E-state index contributed by atoms with van der Waals surface area (Å²) in [6.45, 7) is 2.45. The molecule has 1 heterocycles. The van der Waals surface area contributed by atoms with E-state index >= 15 is 0 Å². The lowest BCUT2D eigenvalue weighted by atomic mass is 10.1. The van der Waals surface area contributed by atoms with Crippen molar-refractivity contribution < 1.29 is 4.79 Å². The summed E-state index contributed by atoms with van der Waals surface area (Å²) in [6, 6.07) is 1.98. The zero-order valence-electron chi connectivity index (χ0n) is 12.3. The molecule has 0 aliphatic heterocycles. The molecule has 1 saturated carbocycles. The Bertz CT molecular complexity index is 550. The van der Waals surface area contributed by atoms with E-state index in [1.807, 2.05) is 11.8 Å². The Hall–Kier alpha value is -1.51. The van der Waals surface area contributed by atoms with E-state index in [0.29, 0.717) is 16.4 Å². The molecule has 1 aromatic rings. The Morgan fingerprint density at radius 2 is 2.43 bits per heavy atom. The minimum Gasteiger partial charge on any atom is -0.349 e. The predicted molar refractivity (Wildman–Crippen MR) is 87.2 cm³/mol. The molecule has 0 radical (unpaired) electrons. The van der Waals surface area contributed by atoms with Crippen LogP contribution in [0.5, 0.6) is 0 Å². The minimum atomic E-state index is -0.0640. The largest absolute Gasteiger partial charge is 0.349 e. The molecule has 2 atom stereocenters. The van der Waals surface area contributed by atoms with Crippen LogP contribution in [0, 0.1) is 11.8 Å². The molecule has 1 amide bonds. The lowest BCUT2D eigenvalue weighted by Crippen LogP contribution is -2.33. The van der Waals surface area contributed by atoms with Gasteiger partial charge in [-0.1, -0.05) is 18.8 Å². The van der Waals surface area contributed by atoms with Crippen molar-refractivity contribution in [3.63, 3.8) is 0 Å². The second-order valence-corrected chi connectivity index (χ2v) is 6.57. The molecule has 1 aliphatic carbocycles. The third-order valence-corrected chi connectivity index (χ3v) is 4.75. The van der Waals surface area contributed by atoms with E-state index in [0.717, 1.165) is 18.6 Å². The molecule has 0 spiro atoms. The van der Waals surface area contributed by atoms with Gasteiger partial charge in [-0.3, -0.25) is 9.78 Å². The number of hydrogen-bond donors (Lipinski definition) is 2. The van der Waals surface area contributed by atoms with Gasteiger partial charge in [-0.25, -0.2) is 0 Å². The Kier molecular flexibility index (Phi) is 6.09. The predicted octanol–water partition coefficient (Wildman–Crippen LogP) is 1.80. The van der Waals surface area contributed by atoms with Gasteiger partial charge in [0.15, 0.2) is 0 Å². The number of carbonyl (C=O) groups excluding carboxylic acids is 1. The quantitative estimate of drug-likeness (QED) is 0.832. The topological polar surface area (TPSA) is 68.0 Å². The lowest BCUT2D eigenvalue weighted by Gasteiger charge is -2.13. The average molecular weight is 303 g/mol. The molecule has 2 unspecified atom stereocenters. The van der Waals surface area contributed by atoms with E-state index in [4.69, 9.17) is 5.73 Å². The highest BCUT2D eigenvalue weighted by Crippen LogP contribution is 2.29. The van der Waals surface area contributed by atoms with Crippen molar-refractivity contribution >= 4 is 17.7 Å². The molecule has 0 aromatic carbocycles. The van der Waals surface area contributed by atoms with Gasteiger partial charge in [0.05, 0.1) is 17.7 Å². The highest BCUT2D eigenvalue weighted by Gasteiger charge is 2.26. The van der Waals surface area contributed by atoms with Gasteiger partial charge in [-0.15, -0.1) is 0 Å². The lowest BCUT2D eigenvalue weighted by molar-refractivity contribution is 0.0937. The van der Waals surface area contributed by atoms with E-state index in [9.17, 15) is 4.79 Å². The third-order valence-electron chi connectivity index (χ3n) is 3.51. The summed E-state index contributed by atoms with van der Waals surface area (Å²) >= 11 is 1.98. The summed E-state index contributed by atoms with van der Waals surface area (Å²) in [5, 5.41) is 3.80. The van der Waals surface area contributed by atoms with Crippen LogP contribution in [0.2, 0.25) is 0 Å². The van der Waals surface area contributed by atoms with E-state index < -0.39 is 0 Å². The Morgan fingerprint density at radius 3 is 3.19 bits per heavy atom. The first kappa shape index (κ1) is 15.9. The monoisotopic (exact) mass is 303 g/mol. The number of rotatable bonds is 4. The molecule has 1 aliphatic rings. The maximum absolute atomic E-state index is 12.4. The van der Waals surface area contributed by atoms with Gasteiger partial charge >= 0.3 is 0 Å². The standard InChI is InChI=1S/C16H21N3OS/c1-2-21-14-6-5-13(10-14)19-16(20)15-7-9-18-11-12(15)4-3-8-17/h7,9,11,13-14H,2,5-6,8,10,17H2,1H3,(H,19,20). The minimum absolute atomic E-state index is 0.0640. The van der Waals surface area contributed by atoms with Gasteiger partial charge in [0, 0.05) is 23.7 Å². The van der Waals surface area contributed by atoms with E-state index in [-0.39, 0.29) is 18.5 Å². The Balaban J connectivity index is 2.01. The SMILES string of the molecule is CCSC1CCC(NC(=O)c2ccncc2C#CCN)C1. The summed E-state index contributed by atoms with van der Waals surface area (Å²) < 4.78 is 0. The normalized spacial score (nSPS) is 20.7. The summed E-state index contributed by atoms with van der Waals surface area (Å²) in [5.41, 5.74) is 6.60. The van der Waals surface area contributed by atoms with Crippen LogP contribution in [0.15, 0.2) is 18.5 Å². The first-order valence-corrected chi connectivity index (χ1v) is 8.34. The van der Waals surface area contributed by atoms with Crippen LogP contribution in [0.1, 0.15) is 42.1 Å². The zero-order chi connectivity index (χ0) is 15.1. The van der Waals surface area contributed by atoms with Crippen molar-refractivity contribution in [3.05, 3.63) is 29.6 Å². The molecular weight excluding hydrogens is 282 g/mol. The molecule has 4 nitrogen and oxygen atoms in total. The highest BCUT2D eigenvalue weighted by molar-refractivity contribution is 7.99. The van der Waals surface area contributed by atoms with Gasteiger partial charge in [0.1, 0.15) is 0 Å². The van der Waals surface area contributed by atoms with Gasteiger partial charge < -0.3 is 11.1 Å². The molecule has 21 heavy (non-hydrogen) atoms. The van der Waals surface area contributed by atoms with E-state index in [2.05, 4.69) is 29.1 Å². The first-order chi connectivity index (χ1) is 10.2. The number of nitrogens with one attached hydrogen (secondary N) is 1. The van der Waals surface area contributed by atoms with Crippen molar-refractivity contribution in [2.75, 3.05) is 12.3 Å². The number of hydrogen-bond acceptors (Lipinski definition) is 4. The molecule has 0 saturated heterocycles. The molecular formula is C16H21N3OS. The van der Waals surface area contributed by atoms with Crippen molar-refractivity contribution in [1.82, 2.24) is 10.3 Å². The van der Waals surface area contributed by atoms with Gasteiger partial charge in [0.2, 0.25) is 0 Å². The summed E-state index contributed by atoms with van der Waals surface area (Å²) in [4.78, 5) is 16.4. The smallest absolute Gasteiger partial charge is 0.252 e. The number of aromatic nitrogens is 1. The van der Waals surface area contributed by atoms with Crippen LogP contribution in [-0.4, -0.2) is 34.5 Å². The molecule has 5 heteroatoms. The van der Waals surface area contributed by atoms with Crippen molar-refractivity contribution in [1.29, 1.82) is 0 Å². The zero-order valence-corrected chi connectivity index (χ0v) is 13.1. The molecule has 112 valence electrons. The fourth-order valence-corrected chi connectivity index (χ4v) is 3.70. The molecule has 1 aromatic heterocycles. The van der Waals surface area contributed by atoms with Crippen LogP contribution in [-0.2, 0) is 0 Å². The van der Waals surface area contributed by atoms with Crippen molar-refractivity contribution in [2.24, 2.45) is 5.73 Å². The van der Waals surface area contributed by atoms with Crippen LogP contribution < -0.4 is 11.1 Å². The summed E-state index contributed by atoms with van der Waals surface area (Å²) in [5.74, 6) is 6.75. The highest BCUT2D eigenvalue weighted by atomic mass is 32.2. The van der Waals surface area contributed by atoms with Gasteiger partial charge in [-0.05, 0) is 31.1 Å². The number of pyridine rings is 1. The molecule has 0 bridgehead atoms. The molecule has 2 rings (SSSR count). The number of nitrogens with two attached hydrogens (primary N) is 1. The van der Waals surface area contributed by atoms with E-state index in [1.165, 1.54) is 6.42 Å². The average Bonchev–Trinajstić information content (AvgIpc) is 2.93. The van der Waals surface area contributed by atoms with Crippen LogP contribution in [0.25, 0.3) is 0 Å². The number of amides is 1. The fourth-order valence-electron chi connectivity index (χ4n) is 2.56. The first-order valence-electron chi connectivity index (χ1n) is 7.30.